The van der Waals surface area contributed by atoms with Gasteiger partial charge in [0.15, 0.2) is 0 Å². The second kappa shape index (κ2) is 7.78. The summed E-state index contributed by atoms with van der Waals surface area (Å²) in [5.74, 6) is 0.627. The molecule has 6 nitrogen and oxygen atoms in total. The summed E-state index contributed by atoms with van der Waals surface area (Å²) >= 11 is 0. The largest absolute Gasteiger partial charge is 0.339 e. The second-order valence-corrected chi connectivity index (χ2v) is 8.25. The molecular formula is C24H25N5O. The smallest absolute Gasteiger partial charge is 0.227 e. The molecule has 1 saturated heterocycles. The van der Waals surface area contributed by atoms with Gasteiger partial charge in [0.25, 0.3) is 0 Å². The minimum Gasteiger partial charge on any atom is -0.339 e. The summed E-state index contributed by atoms with van der Waals surface area (Å²) in [4.78, 5) is 14.9. The number of amides is 1. The Morgan fingerprint density at radius 1 is 1.13 bits per heavy atom. The third-order valence-electron chi connectivity index (χ3n) is 6.08. The van der Waals surface area contributed by atoms with Gasteiger partial charge in [-0.05, 0) is 42.5 Å². The van der Waals surface area contributed by atoms with E-state index in [2.05, 4.69) is 45.1 Å². The highest BCUT2D eigenvalue weighted by Gasteiger charge is 2.32. The van der Waals surface area contributed by atoms with Crippen LogP contribution >= 0.6 is 0 Å². The Hall–Kier alpha value is -3.41. The fraction of sp³-hybridized carbons (Fsp3) is 0.292. The van der Waals surface area contributed by atoms with Gasteiger partial charge in [0.1, 0.15) is 0 Å². The summed E-state index contributed by atoms with van der Waals surface area (Å²) < 4.78 is 2.08. The number of fused-ring (bicyclic) bond motifs is 1. The van der Waals surface area contributed by atoms with E-state index >= 15 is 0 Å². The molecular weight excluding hydrogens is 374 g/mol. The van der Waals surface area contributed by atoms with E-state index in [-0.39, 0.29) is 11.9 Å². The van der Waals surface area contributed by atoms with Crippen molar-refractivity contribution in [2.45, 2.75) is 32.4 Å². The van der Waals surface area contributed by atoms with E-state index in [1.54, 1.807) is 0 Å². The molecule has 1 fully saturated rings. The number of nitrogens with one attached hydrogen (secondary N) is 1. The van der Waals surface area contributed by atoms with Crippen molar-refractivity contribution >= 4 is 16.8 Å². The van der Waals surface area contributed by atoms with Gasteiger partial charge < -0.3 is 4.90 Å². The van der Waals surface area contributed by atoms with Crippen LogP contribution in [0, 0.1) is 5.92 Å². The van der Waals surface area contributed by atoms with Crippen LogP contribution in [0.2, 0.25) is 0 Å². The van der Waals surface area contributed by atoms with Crippen molar-refractivity contribution in [3.63, 3.8) is 0 Å². The topological polar surface area (TPSA) is 66.8 Å². The van der Waals surface area contributed by atoms with Gasteiger partial charge in [-0.1, -0.05) is 36.4 Å². The first kappa shape index (κ1) is 18.6. The summed E-state index contributed by atoms with van der Waals surface area (Å²) in [6.07, 6.45) is 7.13. The Morgan fingerprint density at radius 2 is 2.00 bits per heavy atom. The maximum atomic E-state index is 12.8. The lowest BCUT2D eigenvalue weighted by Crippen LogP contribution is -2.35. The first-order valence-electron chi connectivity index (χ1n) is 10.5. The van der Waals surface area contributed by atoms with Gasteiger partial charge >= 0.3 is 0 Å². The predicted octanol–water partition coefficient (Wildman–Crippen LogP) is 3.91. The van der Waals surface area contributed by atoms with Crippen molar-refractivity contribution in [2.75, 3.05) is 6.54 Å². The summed E-state index contributed by atoms with van der Waals surface area (Å²) in [5.41, 5.74) is 4.40. The lowest BCUT2D eigenvalue weighted by Gasteiger charge is -2.21. The van der Waals surface area contributed by atoms with Crippen molar-refractivity contribution in [2.24, 2.45) is 5.92 Å². The van der Waals surface area contributed by atoms with Crippen LogP contribution in [0.25, 0.3) is 22.0 Å². The molecule has 2 aromatic heterocycles. The Balaban J connectivity index is 1.28. The van der Waals surface area contributed by atoms with Gasteiger partial charge in [0.2, 0.25) is 5.91 Å². The molecule has 0 spiro atoms. The molecule has 3 heterocycles. The highest BCUT2D eigenvalue weighted by atomic mass is 16.2. The number of likely N-dealkylation sites (tertiary alicyclic amines) is 1. The van der Waals surface area contributed by atoms with Crippen LogP contribution < -0.4 is 0 Å². The number of benzene rings is 2. The van der Waals surface area contributed by atoms with Gasteiger partial charge in [-0.25, -0.2) is 0 Å². The SMILES string of the molecule is C[C@H]1CC(Cn2ncc3cc(-c4cn[nH]c4)ccc32)CN1C(=O)Cc1ccccc1. The molecule has 2 atom stereocenters. The third-order valence-corrected chi connectivity index (χ3v) is 6.08. The Bertz CT molecular complexity index is 1150. The van der Waals surface area contributed by atoms with Crippen LogP contribution in [-0.2, 0) is 17.8 Å². The quantitative estimate of drug-likeness (QED) is 0.553. The monoisotopic (exact) mass is 399 g/mol. The van der Waals surface area contributed by atoms with E-state index in [0.717, 1.165) is 47.1 Å². The summed E-state index contributed by atoms with van der Waals surface area (Å²) in [6.45, 7) is 3.77. The first-order chi connectivity index (χ1) is 14.7. The number of hydrogen-bond donors (Lipinski definition) is 1. The molecule has 0 bridgehead atoms. The van der Waals surface area contributed by atoms with E-state index in [1.807, 2.05) is 53.8 Å². The summed E-state index contributed by atoms with van der Waals surface area (Å²) in [5, 5.41) is 12.6. The molecule has 6 heteroatoms. The van der Waals surface area contributed by atoms with E-state index < -0.39 is 0 Å². The van der Waals surface area contributed by atoms with E-state index in [4.69, 9.17) is 0 Å². The lowest BCUT2D eigenvalue weighted by atomic mass is 10.1. The van der Waals surface area contributed by atoms with Gasteiger partial charge in [-0.15, -0.1) is 0 Å². The molecule has 0 saturated carbocycles. The fourth-order valence-corrected chi connectivity index (χ4v) is 4.56. The number of carbonyl (C=O) groups excluding carboxylic acids is 1. The van der Waals surface area contributed by atoms with Crippen LogP contribution in [0.1, 0.15) is 18.9 Å². The minimum atomic E-state index is 0.214. The Morgan fingerprint density at radius 3 is 2.80 bits per heavy atom. The zero-order valence-corrected chi connectivity index (χ0v) is 17.0. The van der Waals surface area contributed by atoms with Crippen LogP contribution in [0.3, 0.4) is 0 Å². The molecule has 1 amide bonds. The number of nitrogens with zero attached hydrogens (tertiary/aromatic N) is 4. The molecule has 1 N–H and O–H groups in total. The molecule has 2 aromatic carbocycles. The molecule has 30 heavy (non-hydrogen) atoms. The summed E-state index contributed by atoms with van der Waals surface area (Å²) in [6, 6.07) is 16.6. The van der Waals surface area contributed by atoms with Crippen molar-refractivity contribution in [3.8, 4) is 11.1 Å². The fourth-order valence-electron chi connectivity index (χ4n) is 4.56. The molecule has 0 radical (unpaired) electrons. The van der Waals surface area contributed by atoms with Crippen LogP contribution in [-0.4, -0.2) is 43.4 Å². The standard InChI is InChI=1S/C24H25N5O/c1-17-9-19(15-28(17)24(30)10-18-5-3-2-4-6-18)16-29-23-8-7-20(11-21(23)14-27-29)22-12-25-26-13-22/h2-8,11-14,17,19H,9-10,15-16H2,1H3,(H,25,26)/t17-,19?/m0/s1. The number of hydrogen-bond acceptors (Lipinski definition) is 3. The molecule has 5 rings (SSSR count). The molecule has 152 valence electrons. The Labute approximate surface area is 175 Å². The van der Waals surface area contributed by atoms with Gasteiger partial charge in [-0.3, -0.25) is 14.6 Å². The third kappa shape index (κ3) is 3.61. The maximum Gasteiger partial charge on any atom is 0.227 e. The van der Waals surface area contributed by atoms with Crippen molar-refractivity contribution in [3.05, 3.63) is 72.7 Å². The van der Waals surface area contributed by atoms with Crippen molar-refractivity contribution in [1.29, 1.82) is 0 Å². The molecule has 0 aliphatic carbocycles. The zero-order chi connectivity index (χ0) is 20.5. The molecule has 4 aromatic rings. The average Bonchev–Trinajstić information content (AvgIpc) is 3.49. The zero-order valence-electron chi connectivity index (χ0n) is 17.0. The van der Waals surface area contributed by atoms with Crippen LogP contribution in [0.4, 0.5) is 0 Å². The highest BCUT2D eigenvalue weighted by Crippen LogP contribution is 2.28. The predicted molar refractivity (Wildman–Crippen MR) is 117 cm³/mol. The number of aromatic nitrogens is 4. The number of H-pyrrole nitrogens is 1. The minimum absolute atomic E-state index is 0.214. The van der Waals surface area contributed by atoms with Gasteiger partial charge in [0.05, 0.1) is 24.3 Å². The van der Waals surface area contributed by atoms with Gasteiger partial charge in [-0.2, -0.15) is 10.2 Å². The number of rotatable bonds is 5. The average molecular weight is 399 g/mol. The Kier molecular flexibility index (Phi) is 4.83. The second-order valence-electron chi connectivity index (χ2n) is 8.25. The van der Waals surface area contributed by atoms with Crippen LogP contribution in [0.15, 0.2) is 67.1 Å². The first-order valence-corrected chi connectivity index (χ1v) is 10.5. The highest BCUT2D eigenvalue weighted by molar-refractivity contribution is 5.84. The van der Waals surface area contributed by atoms with Crippen molar-refractivity contribution < 1.29 is 4.79 Å². The molecule has 1 aliphatic rings. The van der Waals surface area contributed by atoms with E-state index in [0.29, 0.717) is 12.3 Å². The number of carbonyl (C=O) groups is 1. The van der Waals surface area contributed by atoms with Gasteiger partial charge in [0, 0.05) is 36.3 Å². The molecule has 1 aliphatic heterocycles. The lowest BCUT2D eigenvalue weighted by molar-refractivity contribution is -0.131. The van der Waals surface area contributed by atoms with E-state index in [9.17, 15) is 4.79 Å². The normalized spacial score (nSPS) is 18.9. The maximum absolute atomic E-state index is 12.8. The van der Waals surface area contributed by atoms with E-state index in [1.165, 1.54) is 0 Å². The summed E-state index contributed by atoms with van der Waals surface area (Å²) in [7, 11) is 0. The number of aromatic amines is 1. The van der Waals surface area contributed by atoms with Crippen LogP contribution in [0.5, 0.6) is 0 Å². The molecule has 1 unspecified atom stereocenters. The van der Waals surface area contributed by atoms with Crippen molar-refractivity contribution in [1.82, 2.24) is 24.9 Å².